The standard InChI is InChI=1S/C16H21FN2O2/c17-15-4-2-1-3-12(15)13-11-14(13)16(21)19-7-5-18(6-8-19)9-10-20/h1-4,13-14,20H,5-11H2/t13-,14-/m1/s1. The Kier molecular flexibility index (Phi) is 4.22. The summed E-state index contributed by atoms with van der Waals surface area (Å²) in [7, 11) is 0. The molecule has 1 heterocycles. The van der Waals surface area contributed by atoms with Crippen molar-refractivity contribution in [3.05, 3.63) is 35.6 Å². The number of carbonyl (C=O) groups excluding carboxylic acids is 1. The lowest BCUT2D eigenvalue weighted by Crippen LogP contribution is -2.49. The van der Waals surface area contributed by atoms with Gasteiger partial charge in [0.15, 0.2) is 0 Å². The summed E-state index contributed by atoms with van der Waals surface area (Å²) in [6, 6.07) is 6.75. The second-order valence-electron chi connectivity index (χ2n) is 5.86. The molecule has 0 radical (unpaired) electrons. The Labute approximate surface area is 124 Å². The molecule has 5 heteroatoms. The Morgan fingerprint density at radius 3 is 2.62 bits per heavy atom. The van der Waals surface area contributed by atoms with Crippen LogP contribution in [0.2, 0.25) is 0 Å². The maximum absolute atomic E-state index is 13.7. The number of hydrogen-bond acceptors (Lipinski definition) is 3. The van der Waals surface area contributed by atoms with E-state index in [-0.39, 0.29) is 30.2 Å². The molecule has 0 aromatic heterocycles. The molecule has 1 aliphatic carbocycles. The van der Waals surface area contributed by atoms with Crippen LogP contribution in [0, 0.1) is 11.7 Å². The summed E-state index contributed by atoms with van der Waals surface area (Å²) in [6.45, 7) is 3.86. The van der Waals surface area contributed by atoms with Crippen LogP contribution >= 0.6 is 0 Å². The molecule has 3 rings (SSSR count). The number of piperazine rings is 1. The van der Waals surface area contributed by atoms with Crippen LogP contribution in [-0.2, 0) is 4.79 Å². The number of hydrogen-bond donors (Lipinski definition) is 1. The van der Waals surface area contributed by atoms with E-state index in [4.69, 9.17) is 5.11 Å². The van der Waals surface area contributed by atoms with Gasteiger partial charge in [-0.05, 0) is 24.0 Å². The molecule has 1 N–H and O–H groups in total. The topological polar surface area (TPSA) is 43.8 Å². The van der Waals surface area contributed by atoms with Crippen LogP contribution in [0.25, 0.3) is 0 Å². The minimum atomic E-state index is -0.203. The van der Waals surface area contributed by atoms with E-state index in [1.54, 1.807) is 12.1 Å². The van der Waals surface area contributed by atoms with E-state index in [9.17, 15) is 9.18 Å². The molecule has 114 valence electrons. The lowest BCUT2D eigenvalue weighted by Gasteiger charge is -2.34. The zero-order chi connectivity index (χ0) is 14.8. The van der Waals surface area contributed by atoms with Crippen molar-refractivity contribution >= 4 is 5.91 Å². The Bertz CT molecular complexity index is 515. The highest BCUT2D eigenvalue weighted by atomic mass is 19.1. The van der Waals surface area contributed by atoms with Crippen molar-refractivity contribution in [3.8, 4) is 0 Å². The van der Waals surface area contributed by atoms with Crippen molar-refractivity contribution in [2.45, 2.75) is 12.3 Å². The number of rotatable bonds is 4. The van der Waals surface area contributed by atoms with Gasteiger partial charge in [0.1, 0.15) is 5.82 Å². The van der Waals surface area contributed by atoms with Crippen LogP contribution in [0.1, 0.15) is 17.9 Å². The van der Waals surface area contributed by atoms with Gasteiger partial charge in [0, 0.05) is 38.6 Å². The van der Waals surface area contributed by atoms with Crippen molar-refractivity contribution < 1.29 is 14.3 Å². The molecule has 0 bridgehead atoms. The summed E-state index contributed by atoms with van der Waals surface area (Å²) >= 11 is 0. The van der Waals surface area contributed by atoms with Gasteiger partial charge in [-0.15, -0.1) is 0 Å². The molecule has 1 saturated carbocycles. The van der Waals surface area contributed by atoms with Gasteiger partial charge in [-0.25, -0.2) is 4.39 Å². The first-order valence-electron chi connectivity index (χ1n) is 7.57. The monoisotopic (exact) mass is 292 g/mol. The maximum Gasteiger partial charge on any atom is 0.226 e. The molecule has 2 aliphatic rings. The van der Waals surface area contributed by atoms with Crippen LogP contribution in [0.5, 0.6) is 0 Å². The quantitative estimate of drug-likeness (QED) is 0.902. The zero-order valence-corrected chi connectivity index (χ0v) is 12.0. The van der Waals surface area contributed by atoms with Crippen molar-refractivity contribution in [1.29, 1.82) is 0 Å². The highest BCUT2D eigenvalue weighted by molar-refractivity contribution is 5.83. The minimum absolute atomic E-state index is 0.0497. The third-order valence-electron chi connectivity index (χ3n) is 4.51. The van der Waals surface area contributed by atoms with Gasteiger partial charge in [-0.2, -0.15) is 0 Å². The van der Waals surface area contributed by atoms with Crippen LogP contribution in [0.3, 0.4) is 0 Å². The molecular formula is C16H21FN2O2. The number of amides is 1. The third-order valence-corrected chi connectivity index (χ3v) is 4.51. The van der Waals surface area contributed by atoms with Crippen LogP contribution < -0.4 is 0 Å². The van der Waals surface area contributed by atoms with Gasteiger partial charge in [0.25, 0.3) is 0 Å². The molecular weight excluding hydrogens is 271 g/mol. The molecule has 1 saturated heterocycles. The lowest BCUT2D eigenvalue weighted by molar-refractivity contribution is -0.134. The SMILES string of the molecule is O=C([C@@H]1C[C@@H]1c1ccccc1F)N1CCN(CCO)CC1. The summed E-state index contributed by atoms with van der Waals surface area (Å²) in [4.78, 5) is 16.5. The molecule has 2 fully saturated rings. The summed E-state index contributed by atoms with van der Waals surface area (Å²) < 4.78 is 13.7. The molecule has 1 aromatic rings. The Hall–Kier alpha value is -1.46. The fraction of sp³-hybridized carbons (Fsp3) is 0.562. The lowest BCUT2D eigenvalue weighted by atomic mass is 10.1. The summed E-state index contributed by atoms with van der Waals surface area (Å²) in [5.41, 5.74) is 0.676. The van der Waals surface area contributed by atoms with E-state index in [1.165, 1.54) is 6.07 Å². The predicted molar refractivity (Wildman–Crippen MR) is 77.4 cm³/mol. The van der Waals surface area contributed by atoms with E-state index < -0.39 is 0 Å². The summed E-state index contributed by atoms with van der Waals surface area (Å²) in [5, 5.41) is 8.92. The highest BCUT2D eigenvalue weighted by Crippen LogP contribution is 2.49. The first-order valence-corrected chi connectivity index (χ1v) is 7.57. The van der Waals surface area contributed by atoms with Crippen LogP contribution in [0.4, 0.5) is 4.39 Å². The summed E-state index contributed by atoms with van der Waals surface area (Å²) in [6.07, 6.45) is 0.761. The average molecular weight is 292 g/mol. The van der Waals surface area contributed by atoms with Gasteiger partial charge in [-0.1, -0.05) is 18.2 Å². The number of benzene rings is 1. The molecule has 21 heavy (non-hydrogen) atoms. The third kappa shape index (κ3) is 3.09. The van der Waals surface area contributed by atoms with Crippen molar-refractivity contribution in [3.63, 3.8) is 0 Å². The Balaban J connectivity index is 1.55. The molecule has 1 amide bonds. The average Bonchev–Trinajstić information content (AvgIpc) is 3.28. The molecule has 1 aliphatic heterocycles. The number of carbonyl (C=O) groups is 1. The van der Waals surface area contributed by atoms with E-state index in [2.05, 4.69) is 4.90 Å². The van der Waals surface area contributed by atoms with Crippen molar-refractivity contribution in [1.82, 2.24) is 9.80 Å². The number of β-amino-alcohol motifs (C(OH)–C–C–N with tert-alkyl or cyclic N) is 1. The summed E-state index contributed by atoms with van der Waals surface area (Å²) in [5.74, 6) is -0.0436. The first-order chi connectivity index (χ1) is 10.2. The minimum Gasteiger partial charge on any atom is -0.395 e. The largest absolute Gasteiger partial charge is 0.395 e. The number of aliphatic hydroxyl groups excluding tert-OH is 1. The number of aliphatic hydroxyl groups is 1. The van der Waals surface area contributed by atoms with Gasteiger partial charge >= 0.3 is 0 Å². The van der Waals surface area contributed by atoms with E-state index >= 15 is 0 Å². The van der Waals surface area contributed by atoms with Crippen molar-refractivity contribution in [2.75, 3.05) is 39.3 Å². The molecule has 4 nitrogen and oxygen atoms in total. The smallest absolute Gasteiger partial charge is 0.226 e. The van der Waals surface area contributed by atoms with Gasteiger partial charge in [0.2, 0.25) is 5.91 Å². The highest BCUT2D eigenvalue weighted by Gasteiger charge is 2.47. The molecule has 2 atom stereocenters. The van der Waals surface area contributed by atoms with E-state index in [0.29, 0.717) is 25.2 Å². The molecule has 0 unspecified atom stereocenters. The molecule has 1 aromatic carbocycles. The normalized spacial score (nSPS) is 25.9. The van der Waals surface area contributed by atoms with Gasteiger partial charge in [0.05, 0.1) is 6.61 Å². The van der Waals surface area contributed by atoms with Gasteiger partial charge < -0.3 is 10.0 Å². The fourth-order valence-corrected chi connectivity index (χ4v) is 3.16. The van der Waals surface area contributed by atoms with Crippen molar-refractivity contribution in [2.24, 2.45) is 5.92 Å². The van der Waals surface area contributed by atoms with Crippen LogP contribution in [0.15, 0.2) is 24.3 Å². The van der Waals surface area contributed by atoms with Crippen LogP contribution in [-0.4, -0.2) is 60.1 Å². The van der Waals surface area contributed by atoms with Gasteiger partial charge in [-0.3, -0.25) is 9.69 Å². The number of nitrogens with zero attached hydrogens (tertiary/aromatic N) is 2. The fourth-order valence-electron chi connectivity index (χ4n) is 3.16. The second kappa shape index (κ2) is 6.12. The maximum atomic E-state index is 13.7. The Morgan fingerprint density at radius 2 is 1.95 bits per heavy atom. The zero-order valence-electron chi connectivity index (χ0n) is 12.0. The second-order valence-corrected chi connectivity index (χ2v) is 5.86. The Morgan fingerprint density at radius 1 is 1.24 bits per heavy atom. The molecule has 0 spiro atoms. The first kappa shape index (κ1) is 14.5. The van der Waals surface area contributed by atoms with E-state index in [0.717, 1.165) is 19.5 Å². The predicted octanol–water partition coefficient (Wildman–Crippen LogP) is 1.07. The number of halogens is 1. The van der Waals surface area contributed by atoms with E-state index in [1.807, 2.05) is 11.0 Å².